The highest BCUT2D eigenvalue weighted by molar-refractivity contribution is 5.91. The largest absolute Gasteiger partial charge is 0.504 e. The van der Waals surface area contributed by atoms with Crippen LogP contribution >= 0.6 is 0 Å². The predicted octanol–water partition coefficient (Wildman–Crippen LogP) is 12.2. The third kappa shape index (κ3) is 21.3. The Labute approximate surface area is 270 Å². The van der Waals surface area contributed by atoms with Gasteiger partial charge in [0.2, 0.25) is 0 Å². The van der Waals surface area contributed by atoms with Crippen LogP contribution in [0.3, 0.4) is 0 Å². The fourth-order valence-corrected chi connectivity index (χ4v) is 5.56. The van der Waals surface area contributed by atoms with E-state index in [2.05, 4.69) is 32.1 Å². The van der Waals surface area contributed by atoms with E-state index in [0.717, 1.165) is 37.8 Å². The smallest absolute Gasteiger partial charge is 0.338 e. The monoisotopic (exact) mass is 614 g/mol. The second-order valence-corrected chi connectivity index (χ2v) is 12.6. The molecule has 0 aliphatic heterocycles. The average molecular weight is 615 g/mol. The molecule has 1 rings (SSSR count). The number of allylic oxidation sites excluding steroid dienone is 4. The molecule has 252 valence electrons. The molecule has 0 radical (unpaired) electrons. The molecule has 0 atom stereocenters. The van der Waals surface area contributed by atoms with Gasteiger partial charge in [-0.1, -0.05) is 153 Å². The fraction of sp³-hybridized carbons (Fsp3) is 0.718. The Balaban J connectivity index is 2.17. The lowest BCUT2D eigenvalue weighted by Crippen LogP contribution is -2.06. The Hall–Kier alpha value is -2.43. The number of phenolic OH excluding ortho intramolecular Hbond substituents is 3. The third-order valence-electron chi connectivity index (χ3n) is 8.42. The summed E-state index contributed by atoms with van der Waals surface area (Å²) in [5.74, 6) is -2.33. The van der Waals surface area contributed by atoms with E-state index in [1.54, 1.807) is 0 Å². The van der Waals surface area contributed by atoms with E-state index >= 15 is 0 Å². The Morgan fingerprint density at radius 1 is 0.614 bits per heavy atom. The molecule has 0 spiro atoms. The molecule has 1 aromatic rings. The van der Waals surface area contributed by atoms with Crippen LogP contribution in [-0.2, 0) is 4.74 Å². The zero-order valence-electron chi connectivity index (χ0n) is 28.4. The van der Waals surface area contributed by atoms with E-state index in [0.29, 0.717) is 6.61 Å². The van der Waals surface area contributed by atoms with Crippen molar-refractivity contribution in [3.8, 4) is 17.2 Å². The molecule has 0 heterocycles. The van der Waals surface area contributed by atoms with Crippen molar-refractivity contribution in [2.24, 2.45) is 0 Å². The summed E-state index contributed by atoms with van der Waals surface area (Å²) >= 11 is 0. The Kier molecular flexibility index (Phi) is 25.3. The van der Waals surface area contributed by atoms with Gasteiger partial charge in [-0.15, -0.1) is 0 Å². The summed E-state index contributed by atoms with van der Waals surface area (Å²) in [5.41, 5.74) is 1.54. The highest BCUT2D eigenvalue weighted by Crippen LogP contribution is 2.35. The topological polar surface area (TPSA) is 87.0 Å². The van der Waals surface area contributed by atoms with Crippen LogP contribution in [0.4, 0.5) is 0 Å². The SMILES string of the molecule is CCCCCC/C=C(/C=C\CCCCCCCCCCCCCC)CCCCCCCCOC(=O)c1cc(O)c(O)c(O)c1. The molecule has 0 unspecified atom stereocenters. The number of esters is 1. The molecule has 0 bridgehead atoms. The van der Waals surface area contributed by atoms with Crippen molar-refractivity contribution in [1.82, 2.24) is 0 Å². The molecule has 0 aliphatic carbocycles. The van der Waals surface area contributed by atoms with Gasteiger partial charge in [0.25, 0.3) is 0 Å². The Morgan fingerprint density at radius 3 is 1.64 bits per heavy atom. The summed E-state index contributed by atoms with van der Waals surface area (Å²) in [5, 5.41) is 28.5. The van der Waals surface area contributed by atoms with Gasteiger partial charge in [-0.3, -0.25) is 0 Å². The van der Waals surface area contributed by atoms with Crippen LogP contribution in [0.2, 0.25) is 0 Å². The molecule has 0 fully saturated rings. The van der Waals surface area contributed by atoms with E-state index in [4.69, 9.17) is 4.74 Å². The standard InChI is InChI=1S/C39H66O5/c1-3-5-7-9-10-11-12-13-14-15-16-17-21-25-29-34(28-24-20-8-6-4-2)30-26-22-18-19-23-27-31-44-39(43)35-32-36(40)38(42)37(41)33-35/h25,28-29,32-33,40-42H,3-24,26-27,30-31H2,1-2H3/b29-25-,34-28-. The number of rotatable bonds is 29. The number of carbonyl (C=O) groups is 1. The van der Waals surface area contributed by atoms with Crippen molar-refractivity contribution in [2.75, 3.05) is 6.61 Å². The van der Waals surface area contributed by atoms with Crippen LogP contribution in [0.1, 0.15) is 185 Å². The number of unbranched alkanes of at least 4 members (excludes halogenated alkanes) is 21. The molecule has 5 heteroatoms. The Bertz CT molecular complexity index is 881. The van der Waals surface area contributed by atoms with Gasteiger partial charge in [-0.05, 0) is 57.1 Å². The summed E-state index contributed by atoms with van der Waals surface area (Å²) in [6.07, 6.45) is 39.4. The molecule has 44 heavy (non-hydrogen) atoms. The van der Waals surface area contributed by atoms with Gasteiger partial charge in [-0.2, -0.15) is 0 Å². The van der Waals surface area contributed by atoms with E-state index in [9.17, 15) is 20.1 Å². The van der Waals surface area contributed by atoms with E-state index in [-0.39, 0.29) is 5.56 Å². The average Bonchev–Trinajstić information content (AvgIpc) is 3.02. The molecule has 3 N–H and O–H groups in total. The number of hydrogen-bond donors (Lipinski definition) is 3. The van der Waals surface area contributed by atoms with Crippen molar-refractivity contribution in [1.29, 1.82) is 0 Å². The highest BCUT2D eigenvalue weighted by atomic mass is 16.5. The van der Waals surface area contributed by atoms with E-state index in [1.165, 1.54) is 140 Å². The second-order valence-electron chi connectivity index (χ2n) is 12.6. The maximum atomic E-state index is 12.1. The minimum atomic E-state index is -0.637. The van der Waals surface area contributed by atoms with Crippen LogP contribution in [0.15, 0.2) is 35.9 Å². The maximum Gasteiger partial charge on any atom is 0.338 e. The molecule has 0 saturated carbocycles. The van der Waals surface area contributed by atoms with Gasteiger partial charge >= 0.3 is 5.97 Å². The quantitative estimate of drug-likeness (QED) is 0.0361. The van der Waals surface area contributed by atoms with Crippen molar-refractivity contribution in [2.45, 2.75) is 174 Å². The highest BCUT2D eigenvalue weighted by Gasteiger charge is 2.14. The van der Waals surface area contributed by atoms with Crippen molar-refractivity contribution < 1.29 is 24.9 Å². The summed E-state index contributed by atoms with van der Waals surface area (Å²) in [6, 6.07) is 2.19. The predicted molar refractivity (Wildman–Crippen MR) is 186 cm³/mol. The molecule has 0 aliphatic rings. The second kappa shape index (κ2) is 28.1. The van der Waals surface area contributed by atoms with Gasteiger partial charge in [0, 0.05) is 0 Å². The van der Waals surface area contributed by atoms with Crippen LogP contribution < -0.4 is 0 Å². The molecule has 0 amide bonds. The van der Waals surface area contributed by atoms with Gasteiger partial charge in [0.05, 0.1) is 12.2 Å². The first-order valence-corrected chi connectivity index (χ1v) is 18.3. The number of ether oxygens (including phenoxy) is 1. The number of phenols is 3. The first kappa shape index (κ1) is 39.6. The minimum absolute atomic E-state index is 0.0233. The first-order chi connectivity index (χ1) is 21.5. The number of aromatic hydroxyl groups is 3. The normalized spacial score (nSPS) is 11.9. The minimum Gasteiger partial charge on any atom is -0.504 e. The van der Waals surface area contributed by atoms with Crippen LogP contribution in [0.25, 0.3) is 0 Å². The van der Waals surface area contributed by atoms with Gasteiger partial charge in [0.15, 0.2) is 17.2 Å². The summed E-state index contributed by atoms with van der Waals surface area (Å²) in [4.78, 5) is 12.1. The van der Waals surface area contributed by atoms with Crippen molar-refractivity contribution in [3.63, 3.8) is 0 Å². The fourth-order valence-electron chi connectivity index (χ4n) is 5.56. The summed E-state index contributed by atoms with van der Waals surface area (Å²) in [6.45, 7) is 4.85. The maximum absolute atomic E-state index is 12.1. The number of carbonyl (C=O) groups excluding carboxylic acids is 1. The van der Waals surface area contributed by atoms with Gasteiger partial charge < -0.3 is 20.1 Å². The van der Waals surface area contributed by atoms with Crippen molar-refractivity contribution in [3.05, 3.63) is 41.5 Å². The zero-order valence-corrected chi connectivity index (χ0v) is 28.4. The molecular formula is C39H66O5. The first-order valence-electron chi connectivity index (χ1n) is 18.3. The molecule has 0 aromatic heterocycles. The molecular weight excluding hydrogens is 548 g/mol. The lowest BCUT2D eigenvalue weighted by Gasteiger charge is -2.07. The van der Waals surface area contributed by atoms with Crippen LogP contribution in [0.5, 0.6) is 17.2 Å². The number of hydrogen-bond acceptors (Lipinski definition) is 5. The molecule has 0 saturated heterocycles. The van der Waals surface area contributed by atoms with E-state index in [1.807, 2.05) is 0 Å². The lowest BCUT2D eigenvalue weighted by molar-refractivity contribution is 0.0496. The van der Waals surface area contributed by atoms with Gasteiger partial charge in [0.1, 0.15) is 0 Å². The lowest BCUT2D eigenvalue weighted by atomic mass is 10.0. The molecule has 1 aromatic carbocycles. The summed E-state index contributed by atoms with van der Waals surface area (Å²) < 4.78 is 5.24. The molecule has 5 nitrogen and oxygen atoms in total. The van der Waals surface area contributed by atoms with E-state index < -0.39 is 23.2 Å². The summed E-state index contributed by atoms with van der Waals surface area (Å²) in [7, 11) is 0. The van der Waals surface area contributed by atoms with Crippen LogP contribution in [-0.4, -0.2) is 27.9 Å². The van der Waals surface area contributed by atoms with Gasteiger partial charge in [-0.25, -0.2) is 4.79 Å². The van der Waals surface area contributed by atoms with Crippen LogP contribution in [0, 0.1) is 0 Å². The Morgan fingerprint density at radius 2 is 1.07 bits per heavy atom. The third-order valence-corrected chi connectivity index (χ3v) is 8.42. The zero-order chi connectivity index (χ0) is 32.1. The number of benzene rings is 1. The van der Waals surface area contributed by atoms with Crippen molar-refractivity contribution >= 4 is 5.97 Å².